The van der Waals surface area contributed by atoms with E-state index in [1.807, 2.05) is 60.8 Å². The number of carbonyl (C=O) groups excluding carboxylic acids is 1. The number of benzene rings is 2. The number of thiazole rings is 1. The fraction of sp³-hybridized carbons (Fsp3) is 0.185. The minimum Gasteiger partial charge on any atom is -0.487 e. The molecule has 0 saturated carbocycles. The van der Waals surface area contributed by atoms with Crippen molar-refractivity contribution >= 4 is 51.3 Å². The molecule has 0 aliphatic carbocycles. The Bertz CT molecular complexity index is 1550. The molecule has 0 amide bonds. The van der Waals surface area contributed by atoms with Crippen molar-refractivity contribution in [2.24, 2.45) is 0 Å². The minimum absolute atomic E-state index is 0.0295. The lowest BCUT2D eigenvalue weighted by Gasteiger charge is -2.15. The second-order valence-corrected chi connectivity index (χ2v) is 9.83. The first-order valence-electron chi connectivity index (χ1n) is 11.7. The molecule has 0 aliphatic rings. The Hall–Kier alpha value is -3.99. The van der Waals surface area contributed by atoms with Gasteiger partial charge in [-0.1, -0.05) is 17.7 Å². The van der Waals surface area contributed by atoms with Gasteiger partial charge in [0.25, 0.3) is 0 Å². The average molecular weight is 549 g/mol. The predicted molar refractivity (Wildman–Crippen MR) is 149 cm³/mol. The zero-order chi connectivity index (χ0) is 26.5. The van der Waals surface area contributed by atoms with Gasteiger partial charge < -0.3 is 19.7 Å². The summed E-state index contributed by atoms with van der Waals surface area (Å²) in [5, 5.41) is 6.43. The minimum atomic E-state index is -0.0295. The maximum atomic E-state index is 12.6. The maximum Gasteiger partial charge on any atom is 0.245 e. The Kier molecular flexibility index (Phi) is 7.83. The van der Waals surface area contributed by atoms with Crippen molar-refractivity contribution in [1.29, 1.82) is 0 Å². The number of rotatable bonds is 10. The third-order valence-electron chi connectivity index (χ3n) is 5.61. The Morgan fingerprint density at radius 3 is 2.71 bits per heavy atom. The monoisotopic (exact) mass is 548 g/mol. The summed E-state index contributed by atoms with van der Waals surface area (Å²) in [6.45, 7) is 0.850. The van der Waals surface area contributed by atoms with E-state index in [0.717, 1.165) is 17.1 Å². The number of ether oxygens (including phenoxy) is 2. The molecule has 3 heterocycles. The molecule has 1 N–H and O–H groups in total. The van der Waals surface area contributed by atoms with Crippen LogP contribution in [0.5, 0.6) is 11.5 Å². The summed E-state index contributed by atoms with van der Waals surface area (Å²) in [5.74, 6) is 1.69. The summed E-state index contributed by atoms with van der Waals surface area (Å²) in [5.41, 5.74) is 4.81. The number of aromatic nitrogens is 4. The van der Waals surface area contributed by atoms with Gasteiger partial charge >= 0.3 is 0 Å². The maximum absolute atomic E-state index is 12.6. The number of hydrogen-bond acceptors (Lipinski definition) is 9. The summed E-state index contributed by atoms with van der Waals surface area (Å²) in [4.78, 5) is 27.5. The highest BCUT2D eigenvalue weighted by Crippen LogP contribution is 2.34. The van der Waals surface area contributed by atoms with Crippen molar-refractivity contribution in [3.05, 3.63) is 88.4 Å². The SMILES string of the molecule is CN(C)CC(=O)n1cccc1COc1cccc2ncnc(Nc3ccc(OCc4cscn4)c(Cl)c3)c12. The van der Waals surface area contributed by atoms with Crippen molar-refractivity contribution in [2.45, 2.75) is 13.2 Å². The first-order chi connectivity index (χ1) is 18.5. The number of nitrogens with one attached hydrogen (secondary N) is 1. The van der Waals surface area contributed by atoms with Gasteiger partial charge in [0.05, 0.1) is 39.4 Å². The molecule has 0 aliphatic heterocycles. The standard InChI is InChI=1S/C27H25ClN6O3S/c1-33(2)12-25(35)34-10-4-5-20(34)14-37-24-7-3-6-22-26(24)27(30-16-29-22)32-18-8-9-23(21(28)11-18)36-13-19-15-38-17-31-19/h3-11,15-17H,12-14H2,1-2H3,(H,29,30,32). The van der Waals surface area contributed by atoms with Crippen LogP contribution in [-0.2, 0) is 13.2 Å². The molecule has 0 unspecified atom stereocenters. The Morgan fingerprint density at radius 1 is 1.05 bits per heavy atom. The Labute approximate surface area is 228 Å². The molecule has 11 heteroatoms. The van der Waals surface area contributed by atoms with Crippen LogP contribution in [0.25, 0.3) is 10.9 Å². The number of carbonyl (C=O) groups is 1. The molecule has 5 rings (SSSR count). The molecule has 2 aromatic carbocycles. The molecule has 0 spiro atoms. The van der Waals surface area contributed by atoms with Gasteiger partial charge in [0.2, 0.25) is 5.91 Å². The number of hydrogen-bond donors (Lipinski definition) is 1. The lowest BCUT2D eigenvalue weighted by molar-refractivity contribution is 0.0869. The Morgan fingerprint density at radius 2 is 1.92 bits per heavy atom. The van der Waals surface area contributed by atoms with Crippen LogP contribution < -0.4 is 14.8 Å². The quantitative estimate of drug-likeness (QED) is 0.239. The first kappa shape index (κ1) is 25.7. The van der Waals surface area contributed by atoms with Gasteiger partial charge in [0.1, 0.15) is 36.9 Å². The van der Waals surface area contributed by atoms with Crippen molar-refractivity contribution in [3.8, 4) is 11.5 Å². The van der Waals surface area contributed by atoms with Gasteiger partial charge in [0, 0.05) is 17.3 Å². The smallest absolute Gasteiger partial charge is 0.245 e. The highest BCUT2D eigenvalue weighted by molar-refractivity contribution is 7.07. The van der Waals surface area contributed by atoms with Crippen LogP contribution in [0.3, 0.4) is 0 Å². The average Bonchev–Trinajstić information content (AvgIpc) is 3.59. The van der Waals surface area contributed by atoms with Crippen molar-refractivity contribution < 1.29 is 14.3 Å². The fourth-order valence-corrected chi connectivity index (χ4v) is 4.64. The predicted octanol–water partition coefficient (Wildman–Crippen LogP) is 5.64. The van der Waals surface area contributed by atoms with Crippen LogP contribution >= 0.6 is 22.9 Å². The van der Waals surface area contributed by atoms with Gasteiger partial charge in [0.15, 0.2) is 0 Å². The second-order valence-electron chi connectivity index (χ2n) is 8.70. The molecule has 0 bridgehead atoms. The molecule has 0 fully saturated rings. The zero-order valence-corrected chi connectivity index (χ0v) is 22.4. The lowest BCUT2D eigenvalue weighted by Crippen LogP contribution is -2.27. The molecule has 194 valence electrons. The molecule has 0 atom stereocenters. The van der Waals surface area contributed by atoms with Gasteiger partial charge in [-0.15, -0.1) is 11.3 Å². The van der Waals surface area contributed by atoms with Gasteiger partial charge in [-0.25, -0.2) is 15.0 Å². The third-order valence-corrected chi connectivity index (χ3v) is 6.54. The molecular formula is C27H25ClN6O3S. The van der Waals surface area contributed by atoms with E-state index in [-0.39, 0.29) is 12.5 Å². The summed E-state index contributed by atoms with van der Waals surface area (Å²) < 4.78 is 13.6. The zero-order valence-electron chi connectivity index (χ0n) is 20.8. The van der Waals surface area contributed by atoms with E-state index < -0.39 is 0 Å². The third kappa shape index (κ3) is 5.94. The highest BCUT2D eigenvalue weighted by Gasteiger charge is 2.15. The molecule has 3 aromatic heterocycles. The van der Waals surface area contributed by atoms with Gasteiger partial charge in [-0.2, -0.15) is 0 Å². The first-order valence-corrected chi connectivity index (χ1v) is 13.1. The summed E-state index contributed by atoms with van der Waals surface area (Å²) in [6, 6.07) is 14.8. The van der Waals surface area contributed by atoms with E-state index in [2.05, 4.69) is 20.3 Å². The molecule has 9 nitrogen and oxygen atoms in total. The van der Waals surface area contributed by atoms with Crippen LogP contribution in [0.1, 0.15) is 16.2 Å². The fourth-order valence-electron chi connectivity index (χ4n) is 3.86. The van der Waals surface area contributed by atoms with E-state index in [1.54, 1.807) is 28.4 Å². The van der Waals surface area contributed by atoms with Crippen LogP contribution in [0.15, 0.2) is 71.9 Å². The van der Waals surface area contributed by atoms with Crippen molar-refractivity contribution in [1.82, 2.24) is 24.4 Å². The van der Waals surface area contributed by atoms with Crippen LogP contribution in [0, 0.1) is 0 Å². The van der Waals surface area contributed by atoms with E-state index in [9.17, 15) is 4.79 Å². The number of halogens is 1. The summed E-state index contributed by atoms with van der Waals surface area (Å²) in [7, 11) is 3.72. The van der Waals surface area contributed by atoms with E-state index >= 15 is 0 Å². The molecule has 5 aromatic rings. The van der Waals surface area contributed by atoms with Crippen LogP contribution in [0.2, 0.25) is 5.02 Å². The van der Waals surface area contributed by atoms with E-state index in [4.69, 9.17) is 21.1 Å². The molecular weight excluding hydrogens is 524 g/mol. The number of nitrogens with zero attached hydrogens (tertiary/aromatic N) is 5. The van der Waals surface area contributed by atoms with Crippen molar-refractivity contribution in [3.63, 3.8) is 0 Å². The topological polar surface area (TPSA) is 94.4 Å². The van der Waals surface area contributed by atoms with E-state index in [1.165, 1.54) is 17.7 Å². The van der Waals surface area contributed by atoms with Crippen molar-refractivity contribution in [2.75, 3.05) is 26.0 Å². The van der Waals surface area contributed by atoms with Crippen LogP contribution in [-0.4, -0.2) is 51.0 Å². The normalized spacial score (nSPS) is 11.2. The Balaban J connectivity index is 1.35. The number of likely N-dealkylation sites (N-methyl/N-ethyl adjacent to an activating group) is 1. The molecule has 38 heavy (non-hydrogen) atoms. The largest absolute Gasteiger partial charge is 0.487 e. The van der Waals surface area contributed by atoms with E-state index in [0.29, 0.717) is 46.4 Å². The second kappa shape index (κ2) is 11.6. The molecule has 0 radical (unpaired) electrons. The summed E-state index contributed by atoms with van der Waals surface area (Å²) in [6.07, 6.45) is 3.24. The summed E-state index contributed by atoms with van der Waals surface area (Å²) >= 11 is 8.01. The highest BCUT2D eigenvalue weighted by atomic mass is 35.5. The number of fused-ring (bicyclic) bond motifs is 1. The van der Waals surface area contributed by atoms with Gasteiger partial charge in [-0.05, 0) is 56.6 Å². The van der Waals surface area contributed by atoms with Crippen LogP contribution in [0.4, 0.5) is 11.5 Å². The van der Waals surface area contributed by atoms with Gasteiger partial charge in [-0.3, -0.25) is 9.36 Å². The lowest BCUT2D eigenvalue weighted by atomic mass is 10.2. The molecule has 0 saturated heterocycles. The number of anilines is 2.